The van der Waals surface area contributed by atoms with Crippen molar-refractivity contribution in [2.75, 3.05) is 5.32 Å². The van der Waals surface area contributed by atoms with Gasteiger partial charge in [-0.15, -0.1) is 11.3 Å². The van der Waals surface area contributed by atoms with Gasteiger partial charge in [-0.05, 0) is 35.2 Å². The molecule has 0 radical (unpaired) electrons. The van der Waals surface area contributed by atoms with E-state index in [4.69, 9.17) is 28.3 Å². The molecule has 0 atom stereocenters. The monoisotopic (exact) mass is 301 g/mol. The summed E-state index contributed by atoms with van der Waals surface area (Å²) in [4.78, 5) is 11.3. The maximum absolute atomic E-state index is 10.9. The molecule has 0 aliphatic rings. The molecule has 6 heteroatoms. The Morgan fingerprint density at radius 1 is 1.33 bits per heavy atom. The zero-order valence-corrected chi connectivity index (χ0v) is 11.4. The van der Waals surface area contributed by atoms with E-state index in [-0.39, 0.29) is 0 Å². The van der Waals surface area contributed by atoms with Crippen LogP contribution in [0.1, 0.15) is 15.2 Å². The Labute approximate surface area is 118 Å². The third-order valence-electron chi connectivity index (χ3n) is 2.34. The van der Waals surface area contributed by atoms with Crippen molar-refractivity contribution >= 4 is 46.2 Å². The molecule has 2 aromatic rings. The molecule has 0 aliphatic carbocycles. The summed E-state index contributed by atoms with van der Waals surface area (Å²) in [6.07, 6.45) is 0. The molecular weight excluding hydrogens is 293 g/mol. The van der Waals surface area contributed by atoms with E-state index in [1.54, 1.807) is 29.6 Å². The first kappa shape index (κ1) is 13.2. The van der Waals surface area contributed by atoms with Crippen LogP contribution < -0.4 is 5.32 Å². The molecule has 18 heavy (non-hydrogen) atoms. The van der Waals surface area contributed by atoms with E-state index in [1.165, 1.54) is 11.3 Å². The molecule has 0 spiro atoms. The topological polar surface area (TPSA) is 49.3 Å². The summed E-state index contributed by atoms with van der Waals surface area (Å²) in [5, 5.41) is 14.9. The summed E-state index contributed by atoms with van der Waals surface area (Å²) in [7, 11) is 0. The number of thiophene rings is 1. The van der Waals surface area contributed by atoms with Gasteiger partial charge in [0, 0.05) is 11.6 Å². The van der Waals surface area contributed by atoms with Gasteiger partial charge in [-0.1, -0.05) is 23.2 Å². The number of anilines is 1. The summed E-state index contributed by atoms with van der Waals surface area (Å²) < 4.78 is 0. The van der Waals surface area contributed by atoms with E-state index in [2.05, 4.69) is 5.32 Å². The van der Waals surface area contributed by atoms with E-state index < -0.39 is 5.97 Å². The molecular formula is C12H9Cl2NO2S. The molecule has 1 heterocycles. The van der Waals surface area contributed by atoms with Crippen molar-refractivity contribution in [1.29, 1.82) is 0 Å². The van der Waals surface area contributed by atoms with Crippen molar-refractivity contribution in [3.63, 3.8) is 0 Å². The van der Waals surface area contributed by atoms with Crippen LogP contribution in [0.15, 0.2) is 29.6 Å². The van der Waals surface area contributed by atoms with Crippen LogP contribution in [0.2, 0.25) is 10.0 Å². The summed E-state index contributed by atoms with van der Waals surface area (Å²) in [6, 6.07) is 6.90. The molecule has 0 aliphatic heterocycles. The minimum absolute atomic E-state index is 0.340. The molecule has 94 valence electrons. The van der Waals surface area contributed by atoms with Crippen molar-refractivity contribution in [3.05, 3.63) is 50.1 Å². The Balaban J connectivity index is 2.11. The average molecular weight is 302 g/mol. The predicted molar refractivity (Wildman–Crippen MR) is 75.1 cm³/mol. The molecule has 0 unspecified atom stereocenters. The van der Waals surface area contributed by atoms with Crippen LogP contribution in [0, 0.1) is 0 Å². The van der Waals surface area contributed by atoms with Gasteiger partial charge in [-0.2, -0.15) is 0 Å². The molecule has 2 N–H and O–H groups in total. The lowest BCUT2D eigenvalue weighted by molar-refractivity contribution is 0.0701. The average Bonchev–Trinajstić information content (AvgIpc) is 2.76. The number of nitrogens with one attached hydrogen (secondary N) is 1. The third-order valence-corrected chi connectivity index (χ3v) is 3.83. The van der Waals surface area contributed by atoms with Gasteiger partial charge in [0.1, 0.15) is 4.88 Å². The van der Waals surface area contributed by atoms with Gasteiger partial charge in [0.2, 0.25) is 0 Å². The first-order valence-electron chi connectivity index (χ1n) is 5.06. The largest absolute Gasteiger partial charge is 0.477 e. The molecule has 0 saturated carbocycles. The van der Waals surface area contributed by atoms with E-state index in [0.717, 1.165) is 11.3 Å². The van der Waals surface area contributed by atoms with Gasteiger partial charge in [-0.25, -0.2) is 4.79 Å². The lowest BCUT2D eigenvalue weighted by atomic mass is 10.2. The van der Waals surface area contributed by atoms with Crippen molar-refractivity contribution in [2.45, 2.75) is 6.54 Å². The molecule has 0 amide bonds. The van der Waals surface area contributed by atoms with Gasteiger partial charge in [-0.3, -0.25) is 0 Å². The standard InChI is InChI=1S/C12H9Cl2NO2S/c13-8-1-2-10(9(14)5-8)15-6-7-3-4-18-11(7)12(16)17/h1-5,15H,6H2,(H,16,17). The van der Waals surface area contributed by atoms with E-state index in [1.807, 2.05) is 0 Å². The molecule has 0 saturated heterocycles. The highest BCUT2D eigenvalue weighted by atomic mass is 35.5. The number of halogens is 2. The van der Waals surface area contributed by atoms with Crippen LogP contribution in [0.3, 0.4) is 0 Å². The molecule has 1 aromatic carbocycles. The number of carboxylic acid groups (broad SMARTS) is 1. The van der Waals surface area contributed by atoms with Crippen molar-refractivity contribution < 1.29 is 9.90 Å². The quantitative estimate of drug-likeness (QED) is 0.882. The van der Waals surface area contributed by atoms with Crippen LogP contribution >= 0.6 is 34.5 Å². The van der Waals surface area contributed by atoms with Crippen LogP contribution in [0.5, 0.6) is 0 Å². The summed E-state index contributed by atoms with van der Waals surface area (Å²) in [6.45, 7) is 0.409. The van der Waals surface area contributed by atoms with E-state index >= 15 is 0 Å². The minimum Gasteiger partial charge on any atom is -0.477 e. The smallest absolute Gasteiger partial charge is 0.346 e. The SMILES string of the molecule is O=C(O)c1sccc1CNc1ccc(Cl)cc1Cl. The third kappa shape index (κ3) is 2.96. The van der Waals surface area contributed by atoms with Crippen LogP contribution in [0.25, 0.3) is 0 Å². The fourth-order valence-electron chi connectivity index (χ4n) is 1.49. The minimum atomic E-state index is -0.913. The molecule has 3 nitrogen and oxygen atoms in total. The van der Waals surface area contributed by atoms with Crippen molar-refractivity contribution in [2.24, 2.45) is 0 Å². The maximum atomic E-state index is 10.9. The zero-order chi connectivity index (χ0) is 13.1. The Bertz CT molecular complexity index is 583. The lowest BCUT2D eigenvalue weighted by Crippen LogP contribution is -2.04. The lowest BCUT2D eigenvalue weighted by Gasteiger charge is -2.08. The fraction of sp³-hybridized carbons (Fsp3) is 0.0833. The van der Waals surface area contributed by atoms with Gasteiger partial charge < -0.3 is 10.4 Å². The first-order chi connectivity index (χ1) is 8.58. The summed E-state index contributed by atoms with van der Waals surface area (Å²) in [5.41, 5.74) is 1.46. The maximum Gasteiger partial charge on any atom is 0.346 e. The zero-order valence-electron chi connectivity index (χ0n) is 9.11. The van der Waals surface area contributed by atoms with Crippen LogP contribution in [-0.2, 0) is 6.54 Å². The highest BCUT2D eigenvalue weighted by Crippen LogP contribution is 2.26. The molecule has 1 aromatic heterocycles. The second-order valence-corrected chi connectivity index (χ2v) is 5.32. The predicted octanol–water partition coefficient (Wildman–Crippen LogP) is 4.37. The van der Waals surface area contributed by atoms with Gasteiger partial charge >= 0.3 is 5.97 Å². The van der Waals surface area contributed by atoms with Gasteiger partial charge in [0.15, 0.2) is 0 Å². The number of benzene rings is 1. The molecule has 0 bridgehead atoms. The first-order valence-corrected chi connectivity index (χ1v) is 6.70. The van der Waals surface area contributed by atoms with E-state index in [9.17, 15) is 4.79 Å². The Morgan fingerprint density at radius 3 is 2.78 bits per heavy atom. The number of hydrogen-bond donors (Lipinski definition) is 2. The summed E-state index contributed by atoms with van der Waals surface area (Å²) in [5.74, 6) is -0.913. The highest BCUT2D eigenvalue weighted by Gasteiger charge is 2.11. The van der Waals surface area contributed by atoms with Crippen molar-refractivity contribution in [1.82, 2.24) is 0 Å². The van der Waals surface area contributed by atoms with Gasteiger partial charge in [0.05, 0.1) is 10.7 Å². The Morgan fingerprint density at radius 2 is 2.11 bits per heavy atom. The highest BCUT2D eigenvalue weighted by molar-refractivity contribution is 7.12. The fourth-order valence-corrected chi connectivity index (χ4v) is 2.72. The van der Waals surface area contributed by atoms with Crippen LogP contribution in [0.4, 0.5) is 5.69 Å². The number of hydrogen-bond acceptors (Lipinski definition) is 3. The number of aromatic carboxylic acids is 1. The van der Waals surface area contributed by atoms with Crippen molar-refractivity contribution in [3.8, 4) is 0 Å². The number of carbonyl (C=O) groups is 1. The number of carboxylic acids is 1. The van der Waals surface area contributed by atoms with E-state index in [0.29, 0.717) is 21.5 Å². The molecule has 2 rings (SSSR count). The summed E-state index contributed by atoms with van der Waals surface area (Å²) >= 11 is 13.0. The van der Waals surface area contributed by atoms with Crippen LogP contribution in [-0.4, -0.2) is 11.1 Å². The number of rotatable bonds is 4. The second-order valence-electron chi connectivity index (χ2n) is 3.56. The Hall–Kier alpha value is -1.23. The normalized spacial score (nSPS) is 10.3. The molecule has 0 fully saturated rings. The second kappa shape index (κ2) is 5.61. The Kier molecular flexibility index (Phi) is 4.11. The van der Waals surface area contributed by atoms with Gasteiger partial charge in [0.25, 0.3) is 0 Å².